The monoisotopic (exact) mass is 465 g/mol. The van der Waals surface area contributed by atoms with Crippen LogP contribution < -0.4 is 0 Å². The molecule has 0 amide bonds. The number of methoxy groups -OCH3 is 1. The molecule has 2 heterocycles. The molecule has 7 heteroatoms. The van der Waals surface area contributed by atoms with Gasteiger partial charge in [0.05, 0.1) is 18.2 Å². The average molecular weight is 466 g/mol. The predicted octanol–water partition coefficient (Wildman–Crippen LogP) is 6.59. The van der Waals surface area contributed by atoms with Gasteiger partial charge in [0.2, 0.25) is 0 Å². The quantitative estimate of drug-likeness (QED) is 0.190. The lowest BCUT2D eigenvalue weighted by Crippen LogP contribution is -2.06. The number of imidazole rings is 1. The fourth-order valence-corrected chi connectivity index (χ4v) is 4.36. The molecule has 0 fully saturated rings. The Kier molecular flexibility index (Phi) is 6.72. The van der Waals surface area contributed by atoms with Crippen LogP contribution in [0.15, 0.2) is 54.6 Å². The number of halogens is 1. The third-order valence-electron chi connectivity index (χ3n) is 5.49. The Morgan fingerprint density at radius 2 is 1.94 bits per heavy atom. The number of fused-ring (bicyclic) bond motifs is 1. The molecule has 0 saturated heterocycles. The van der Waals surface area contributed by atoms with Crippen LogP contribution in [0.4, 0.5) is 0 Å². The molecule has 0 aliphatic heterocycles. The molecule has 0 spiro atoms. The zero-order chi connectivity index (χ0) is 22.7. The standard InChI is InChI=1S/C25H24ClN3O2S/c1-3-4-9-22-28-23-20(14-21(26)27-24(23)32)29(22)15-16-10-12-17(13-11-16)18-7-5-6-8-19(18)25(30)31-2/h5-8,10-14H,3-4,9,15H2,1-2H3,(H,27,32). The number of unbranched alkanes of at least 4 members (excludes halogenated alkanes) is 1. The number of rotatable bonds is 7. The van der Waals surface area contributed by atoms with Crippen molar-refractivity contribution in [2.75, 3.05) is 7.11 Å². The number of aromatic nitrogens is 3. The van der Waals surface area contributed by atoms with Gasteiger partial charge in [-0.1, -0.05) is 79.6 Å². The average Bonchev–Trinajstić information content (AvgIpc) is 3.15. The lowest BCUT2D eigenvalue weighted by Gasteiger charge is -2.12. The maximum atomic E-state index is 12.1. The Morgan fingerprint density at radius 3 is 2.66 bits per heavy atom. The number of carbonyl (C=O) groups is 1. The third kappa shape index (κ3) is 4.47. The number of hydrogen-bond acceptors (Lipinski definition) is 4. The zero-order valence-corrected chi connectivity index (χ0v) is 19.6. The van der Waals surface area contributed by atoms with E-state index in [0.29, 0.717) is 21.9 Å². The van der Waals surface area contributed by atoms with Crippen LogP contribution >= 0.6 is 23.8 Å². The number of nitrogens with zero attached hydrogens (tertiary/aromatic N) is 2. The number of aryl methyl sites for hydroxylation is 1. The molecule has 0 unspecified atom stereocenters. The highest BCUT2D eigenvalue weighted by atomic mass is 35.5. The van der Waals surface area contributed by atoms with Crippen molar-refractivity contribution in [1.82, 2.24) is 14.5 Å². The second-order valence-corrected chi connectivity index (χ2v) is 8.45. The Balaban J connectivity index is 1.70. The van der Waals surface area contributed by atoms with E-state index in [1.807, 2.05) is 36.4 Å². The van der Waals surface area contributed by atoms with E-state index >= 15 is 0 Å². The van der Waals surface area contributed by atoms with E-state index < -0.39 is 0 Å². The Labute approximate surface area is 197 Å². The van der Waals surface area contributed by atoms with Gasteiger partial charge in [0.25, 0.3) is 0 Å². The van der Waals surface area contributed by atoms with Crippen molar-refractivity contribution in [2.45, 2.75) is 32.7 Å². The molecule has 5 nitrogen and oxygen atoms in total. The Bertz CT molecular complexity index is 1330. The van der Waals surface area contributed by atoms with E-state index in [4.69, 9.17) is 33.5 Å². The molecular weight excluding hydrogens is 442 g/mol. The van der Waals surface area contributed by atoms with Crippen LogP contribution in [0.25, 0.3) is 22.2 Å². The molecule has 2 aromatic carbocycles. The summed E-state index contributed by atoms with van der Waals surface area (Å²) in [6, 6.07) is 17.5. The van der Waals surface area contributed by atoms with Crippen LogP contribution in [0.3, 0.4) is 0 Å². The summed E-state index contributed by atoms with van der Waals surface area (Å²) < 4.78 is 7.67. The third-order valence-corrected chi connectivity index (χ3v) is 5.99. The minimum atomic E-state index is -0.344. The number of hydrogen-bond donors (Lipinski definition) is 1. The summed E-state index contributed by atoms with van der Waals surface area (Å²) >= 11 is 11.7. The van der Waals surface area contributed by atoms with Gasteiger partial charge in [-0.15, -0.1) is 0 Å². The number of pyridine rings is 1. The molecule has 0 radical (unpaired) electrons. The number of aromatic amines is 1. The molecule has 164 valence electrons. The number of ether oxygens (including phenoxy) is 1. The zero-order valence-electron chi connectivity index (χ0n) is 18.0. The first-order valence-electron chi connectivity index (χ1n) is 10.6. The van der Waals surface area contributed by atoms with E-state index in [0.717, 1.165) is 52.8 Å². The first-order valence-corrected chi connectivity index (χ1v) is 11.3. The van der Waals surface area contributed by atoms with E-state index in [9.17, 15) is 4.79 Å². The molecule has 32 heavy (non-hydrogen) atoms. The first-order chi connectivity index (χ1) is 15.5. The molecule has 0 aliphatic carbocycles. The molecule has 0 saturated carbocycles. The van der Waals surface area contributed by atoms with Crippen LogP contribution in [0.1, 0.15) is 41.5 Å². The molecule has 2 aromatic heterocycles. The maximum absolute atomic E-state index is 12.1. The fraction of sp³-hybridized carbons (Fsp3) is 0.240. The summed E-state index contributed by atoms with van der Waals surface area (Å²) in [5.74, 6) is 0.660. The second-order valence-electron chi connectivity index (χ2n) is 7.63. The van der Waals surface area contributed by atoms with Crippen molar-refractivity contribution in [3.05, 3.63) is 81.3 Å². The second kappa shape index (κ2) is 9.67. The highest BCUT2D eigenvalue weighted by Crippen LogP contribution is 2.26. The van der Waals surface area contributed by atoms with Gasteiger partial charge >= 0.3 is 5.97 Å². The van der Waals surface area contributed by atoms with Gasteiger partial charge in [0.1, 0.15) is 21.1 Å². The van der Waals surface area contributed by atoms with Crippen LogP contribution in [0.2, 0.25) is 5.15 Å². The largest absolute Gasteiger partial charge is 0.465 e. The van der Waals surface area contributed by atoms with Crippen LogP contribution in [0.5, 0.6) is 0 Å². The number of benzene rings is 2. The number of nitrogens with one attached hydrogen (secondary N) is 1. The van der Waals surface area contributed by atoms with Gasteiger partial charge in [0, 0.05) is 13.0 Å². The Morgan fingerprint density at radius 1 is 1.19 bits per heavy atom. The van der Waals surface area contributed by atoms with Crippen LogP contribution in [0, 0.1) is 4.64 Å². The highest BCUT2D eigenvalue weighted by molar-refractivity contribution is 7.71. The lowest BCUT2D eigenvalue weighted by atomic mass is 9.98. The Hall–Kier alpha value is -2.96. The number of esters is 1. The smallest absolute Gasteiger partial charge is 0.338 e. The van der Waals surface area contributed by atoms with Crippen LogP contribution in [-0.2, 0) is 17.7 Å². The van der Waals surface area contributed by atoms with Crippen molar-refractivity contribution < 1.29 is 9.53 Å². The van der Waals surface area contributed by atoms with Crippen molar-refractivity contribution in [1.29, 1.82) is 0 Å². The van der Waals surface area contributed by atoms with Crippen molar-refractivity contribution >= 4 is 40.8 Å². The molecule has 1 N–H and O–H groups in total. The summed E-state index contributed by atoms with van der Waals surface area (Å²) in [6.45, 7) is 2.82. The minimum absolute atomic E-state index is 0.344. The van der Waals surface area contributed by atoms with Gasteiger partial charge in [-0.05, 0) is 35.2 Å². The number of carbonyl (C=O) groups excluding carboxylic acids is 1. The molecule has 0 aliphatic rings. The summed E-state index contributed by atoms with van der Waals surface area (Å²) in [5.41, 5.74) is 5.19. The molecule has 0 bridgehead atoms. The van der Waals surface area contributed by atoms with Crippen molar-refractivity contribution in [3.63, 3.8) is 0 Å². The van der Waals surface area contributed by atoms with E-state index in [1.165, 1.54) is 7.11 Å². The van der Waals surface area contributed by atoms with Gasteiger partial charge in [0.15, 0.2) is 0 Å². The van der Waals surface area contributed by atoms with Gasteiger partial charge in [-0.3, -0.25) is 0 Å². The SMILES string of the molecule is CCCCc1nc2c(=S)[nH]c(Cl)cc2n1Cc1ccc(-c2ccccc2C(=O)OC)cc1. The van der Waals surface area contributed by atoms with Gasteiger partial charge in [-0.25, -0.2) is 9.78 Å². The van der Waals surface area contributed by atoms with Crippen molar-refractivity contribution in [2.24, 2.45) is 0 Å². The summed E-state index contributed by atoms with van der Waals surface area (Å²) in [7, 11) is 1.39. The number of H-pyrrole nitrogens is 1. The van der Waals surface area contributed by atoms with Gasteiger partial charge in [-0.2, -0.15) is 0 Å². The molecule has 4 rings (SSSR count). The van der Waals surface area contributed by atoms with Crippen LogP contribution in [-0.4, -0.2) is 27.6 Å². The predicted molar refractivity (Wildman–Crippen MR) is 131 cm³/mol. The normalized spacial score (nSPS) is 11.1. The topological polar surface area (TPSA) is 59.9 Å². The van der Waals surface area contributed by atoms with Gasteiger partial charge < -0.3 is 14.3 Å². The minimum Gasteiger partial charge on any atom is -0.465 e. The summed E-state index contributed by atoms with van der Waals surface area (Å²) in [5, 5.41) is 0.500. The molecule has 4 aromatic rings. The van der Waals surface area contributed by atoms with E-state index in [-0.39, 0.29) is 5.97 Å². The van der Waals surface area contributed by atoms with Crippen molar-refractivity contribution in [3.8, 4) is 11.1 Å². The fourth-order valence-electron chi connectivity index (χ4n) is 3.85. The summed E-state index contributed by atoms with van der Waals surface area (Å²) in [6.07, 6.45) is 3.02. The lowest BCUT2D eigenvalue weighted by molar-refractivity contribution is 0.0601. The molecule has 0 atom stereocenters. The van der Waals surface area contributed by atoms with E-state index in [2.05, 4.69) is 28.6 Å². The van der Waals surface area contributed by atoms with E-state index in [1.54, 1.807) is 6.07 Å². The molecular formula is C25H24ClN3O2S. The first kappa shape index (κ1) is 22.2. The summed E-state index contributed by atoms with van der Waals surface area (Å²) in [4.78, 5) is 19.9. The maximum Gasteiger partial charge on any atom is 0.338 e. The highest BCUT2D eigenvalue weighted by Gasteiger charge is 2.15.